The summed E-state index contributed by atoms with van der Waals surface area (Å²) < 4.78 is 0. The first-order valence-electron chi connectivity index (χ1n) is 2.67. The number of nitrogens with one attached hydrogen (secondary N) is 1. The van der Waals surface area contributed by atoms with Crippen molar-refractivity contribution in [1.82, 2.24) is 5.32 Å². The molecule has 0 spiro atoms. The van der Waals surface area contributed by atoms with Crippen LogP contribution in [0.5, 0.6) is 0 Å². The van der Waals surface area contributed by atoms with E-state index in [1.807, 2.05) is 6.92 Å². The van der Waals surface area contributed by atoms with Crippen LogP contribution in [0.15, 0.2) is 17.3 Å². The number of rotatable bonds is 2. The Bertz CT molecular complexity index is 138. The summed E-state index contributed by atoms with van der Waals surface area (Å²) in [5, 5.41) is 2.40. The fraction of sp³-hybridized carbons (Fsp3) is 0.333. The van der Waals surface area contributed by atoms with Gasteiger partial charge in [0.1, 0.15) is 5.84 Å². The van der Waals surface area contributed by atoms with Crippen molar-refractivity contribution in [3.63, 3.8) is 0 Å². The Morgan fingerprint density at radius 3 is 2.78 bits per heavy atom. The highest BCUT2D eigenvalue weighted by Crippen LogP contribution is 1.74. The summed E-state index contributed by atoms with van der Waals surface area (Å²) in [4.78, 5) is 13.6. The van der Waals surface area contributed by atoms with E-state index < -0.39 is 0 Å². The minimum Gasteiger partial charge on any atom is -0.317 e. The van der Waals surface area contributed by atoms with Crippen molar-refractivity contribution in [2.24, 2.45) is 4.99 Å². The molecule has 0 heterocycles. The van der Waals surface area contributed by atoms with E-state index in [0.29, 0.717) is 12.2 Å². The lowest BCUT2D eigenvalue weighted by atomic mass is 10.6. The van der Waals surface area contributed by atoms with Gasteiger partial charge in [0, 0.05) is 6.20 Å². The summed E-state index contributed by atoms with van der Waals surface area (Å²) >= 11 is 0. The van der Waals surface area contributed by atoms with Crippen LogP contribution >= 0.6 is 0 Å². The van der Waals surface area contributed by atoms with Gasteiger partial charge in [0.25, 0.3) is 0 Å². The normalized spacial score (nSPS) is 12.0. The van der Waals surface area contributed by atoms with E-state index >= 15 is 0 Å². The third kappa shape index (κ3) is 4.74. The van der Waals surface area contributed by atoms with E-state index in [-0.39, 0.29) is 0 Å². The van der Waals surface area contributed by atoms with Gasteiger partial charge in [-0.3, -0.25) is 4.79 Å². The minimum atomic E-state index is 0.600. The predicted molar refractivity (Wildman–Crippen MR) is 37.1 cm³/mol. The number of carbonyl (C=O) groups excluding carboxylic acids is 1. The quantitative estimate of drug-likeness (QED) is 0.330. The average Bonchev–Trinajstić information content (AvgIpc) is 1.85. The van der Waals surface area contributed by atoms with Crippen molar-refractivity contribution in [2.45, 2.75) is 13.8 Å². The van der Waals surface area contributed by atoms with Crippen LogP contribution in [0.2, 0.25) is 0 Å². The van der Waals surface area contributed by atoms with Gasteiger partial charge in [-0.15, -0.1) is 0 Å². The molecule has 0 bridgehead atoms. The standard InChI is InChI=1S/C6H10N2O/c1-3-4-7-6(2)8-5-9/h3-5H,1-2H3,(H,7,8,9)/b4-3-. The molecule has 0 aliphatic heterocycles. The number of aliphatic imine (C=N–C) groups is 1. The molecule has 1 amide bonds. The van der Waals surface area contributed by atoms with Crippen LogP contribution in [0.4, 0.5) is 0 Å². The van der Waals surface area contributed by atoms with Gasteiger partial charge in [-0.05, 0) is 13.8 Å². The molecule has 0 unspecified atom stereocenters. The van der Waals surface area contributed by atoms with Gasteiger partial charge in [-0.1, -0.05) is 6.08 Å². The molecule has 0 aliphatic carbocycles. The number of allylic oxidation sites excluding steroid dienone is 1. The second-order valence-electron chi connectivity index (χ2n) is 1.46. The lowest BCUT2D eigenvalue weighted by Gasteiger charge is -1.90. The van der Waals surface area contributed by atoms with Crippen molar-refractivity contribution < 1.29 is 4.79 Å². The molecule has 0 aromatic carbocycles. The van der Waals surface area contributed by atoms with E-state index in [1.165, 1.54) is 0 Å². The fourth-order valence-corrected chi connectivity index (χ4v) is 0.309. The van der Waals surface area contributed by atoms with Crippen LogP contribution < -0.4 is 5.32 Å². The Morgan fingerprint density at radius 2 is 2.33 bits per heavy atom. The molecule has 0 saturated heterocycles. The van der Waals surface area contributed by atoms with Gasteiger partial charge < -0.3 is 5.32 Å². The summed E-state index contributed by atoms with van der Waals surface area (Å²) in [6.45, 7) is 3.58. The lowest BCUT2D eigenvalue weighted by Crippen LogP contribution is -2.16. The number of carbonyl (C=O) groups is 1. The first-order chi connectivity index (χ1) is 4.31. The predicted octanol–water partition coefficient (Wildman–Crippen LogP) is 0.684. The third-order valence-electron chi connectivity index (χ3n) is 0.685. The minimum absolute atomic E-state index is 0.600. The van der Waals surface area contributed by atoms with Crippen LogP contribution in [0.1, 0.15) is 13.8 Å². The highest BCUT2D eigenvalue weighted by Gasteiger charge is 1.79. The highest BCUT2D eigenvalue weighted by atomic mass is 16.1. The summed E-state index contributed by atoms with van der Waals surface area (Å²) in [7, 11) is 0. The number of hydrogen-bond donors (Lipinski definition) is 1. The monoisotopic (exact) mass is 126 g/mol. The zero-order valence-electron chi connectivity index (χ0n) is 5.59. The van der Waals surface area contributed by atoms with E-state index in [0.717, 1.165) is 0 Å². The molecular weight excluding hydrogens is 116 g/mol. The van der Waals surface area contributed by atoms with Crippen molar-refractivity contribution in [1.29, 1.82) is 0 Å². The summed E-state index contributed by atoms with van der Waals surface area (Å²) in [6, 6.07) is 0. The molecule has 3 nitrogen and oxygen atoms in total. The van der Waals surface area contributed by atoms with Crippen molar-refractivity contribution in [2.75, 3.05) is 0 Å². The van der Waals surface area contributed by atoms with Crippen LogP contribution in [0.3, 0.4) is 0 Å². The maximum Gasteiger partial charge on any atom is 0.212 e. The molecule has 50 valence electrons. The second kappa shape index (κ2) is 5.03. The van der Waals surface area contributed by atoms with Crippen molar-refractivity contribution in [3.8, 4) is 0 Å². The Balaban J connectivity index is 3.68. The molecule has 0 atom stereocenters. The largest absolute Gasteiger partial charge is 0.317 e. The van der Waals surface area contributed by atoms with E-state index in [4.69, 9.17) is 0 Å². The number of hydrogen-bond acceptors (Lipinski definition) is 2. The van der Waals surface area contributed by atoms with Crippen LogP contribution in [0.25, 0.3) is 0 Å². The average molecular weight is 126 g/mol. The number of amidine groups is 1. The molecule has 3 heteroatoms. The van der Waals surface area contributed by atoms with Crippen LogP contribution in [-0.2, 0) is 4.79 Å². The van der Waals surface area contributed by atoms with Gasteiger partial charge in [0.2, 0.25) is 6.41 Å². The van der Waals surface area contributed by atoms with Gasteiger partial charge in [0.05, 0.1) is 0 Å². The molecule has 0 aromatic rings. The SMILES string of the molecule is C/C=C\N=C(/C)NC=O. The Kier molecular flexibility index (Phi) is 4.40. The van der Waals surface area contributed by atoms with E-state index in [1.54, 1.807) is 19.2 Å². The molecule has 0 saturated carbocycles. The Labute approximate surface area is 54.5 Å². The first kappa shape index (κ1) is 7.88. The summed E-state index contributed by atoms with van der Waals surface area (Å²) in [5.41, 5.74) is 0. The van der Waals surface area contributed by atoms with Crippen molar-refractivity contribution >= 4 is 12.2 Å². The lowest BCUT2D eigenvalue weighted by molar-refractivity contribution is -0.108. The van der Waals surface area contributed by atoms with Crippen molar-refractivity contribution in [3.05, 3.63) is 12.3 Å². The van der Waals surface area contributed by atoms with Gasteiger partial charge in [-0.2, -0.15) is 0 Å². The topological polar surface area (TPSA) is 41.5 Å². The van der Waals surface area contributed by atoms with Gasteiger partial charge in [-0.25, -0.2) is 4.99 Å². The molecule has 1 N–H and O–H groups in total. The summed E-state index contributed by atoms with van der Waals surface area (Å²) in [6.07, 6.45) is 4.00. The van der Waals surface area contributed by atoms with Gasteiger partial charge in [0.15, 0.2) is 0 Å². The molecule has 0 aromatic heterocycles. The first-order valence-corrected chi connectivity index (χ1v) is 2.67. The zero-order valence-corrected chi connectivity index (χ0v) is 5.59. The Morgan fingerprint density at radius 1 is 1.67 bits per heavy atom. The molecule has 9 heavy (non-hydrogen) atoms. The molecule has 0 rings (SSSR count). The highest BCUT2D eigenvalue weighted by molar-refractivity contribution is 5.88. The molecule has 0 radical (unpaired) electrons. The molecule has 0 aliphatic rings. The summed E-state index contributed by atoms with van der Waals surface area (Å²) in [5.74, 6) is 0.600. The zero-order chi connectivity index (χ0) is 7.11. The number of nitrogens with zero attached hydrogens (tertiary/aromatic N) is 1. The second-order valence-corrected chi connectivity index (χ2v) is 1.46. The fourth-order valence-electron chi connectivity index (χ4n) is 0.309. The Hall–Kier alpha value is -1.12. The maximum absolute atomic E-state index is 9.76. The van der Waals surface area contributed by atoms with E-state index in [9.17, 15) is 4.79 Å². The molecular formula is C6H10N2O. The molecule has 0 fully saturated rings. The van der Waals surface area contributed by atoms with E-state index in [2.05, 4.69) is 10.3 Å². The smallest absolute Gasteiger partial charge is 0.212 e. The third-order valence-corrected chi connectivity index (χ3v) is 0.685. The number of amides is 1. The van der Waals surface area contributed by atoms with Crippen LogP contribution in [0, 0.1) is 0 Å². The maximum atomic E-state index is 9.76. The van der Waals surface area contributed by atoms with Gasteiger partial charge >= 0.3 is 0 Å². The van der Waals surface area contributed by atoms with Crippen LogP contribution in [-0.4, -0.2) is 12.2 Å².